The molecule has 1 aliphatic rings. The zero-order valence-corrected chi connectivity index (χ0v) is 33.1. The monoisotopic (exact) mass is 725 g/mol. The molecule has 0 aromatic rings. The molecular weight excluding hydrogens is 644 g/mol. The van der Waals surface area contributed by atoms with E-state index in [1.165, 1.54) is 77.0 Å². The first-order valence-electron chi connectivity index (χ1n) is 21.4. The van der Waals surface area contributed by atoms with Crippen LogP contribution in [0.5, 0.6) is 0 Å². The summed E-state index contributed by atoms with van der Waals surface area (Å²) in [6, 6.07) is 0. The van der Waals surface area contributed by atoms with Crippen molar-refractivity contribution in [1.82, 2.24) is 0 Å². The van der Waals surface area contributed by atoms with Gasteiger partial charge < -0.3 is 29.9 Å². The maximum atomic E-state index is 12.2. The van der Waals surface area contributed by atoms with Gasteiger partial charge in [0.2, 0.25) is 0 Å². The van der Waals surface area contributed by atoms with Crippen LogP contribution in [0.3, 0.4) is 0 Å². The third-order valence-corrected chi connectivity index (χ3v) is 10.6. The van der Waals surface area contributed by atoms with Crippen LogP contribution in [0.25, 0.3) is 0 Å². The number of aliphatic hydroxyl groups is 4. The van der Waals surface area contributed by atoms with Crippen LogP contribution >= 0.6 is 0 Å². The summed E-state index contributed by atoms with van der Waals surface area (Å²) in [5.41, 5.74) is 0. The molecule has 1 saturated carbocycles. The number of hydrogen-bond acceptors (Lipinski definition) is 8. The lowest BCUT2D eigenvalue weighted by Gasteiger charge is -2.21. The van der Waals surface area contributed by atoms with E-state index in [2.05, 4.69) is 20.8 Å². The number of hydrogen-bond donors (Lipinski definition) is 4. The Balaban J connectivity index is 2.04. The maximum Gasteiger partial charge on any atom is 0.306 e. The minimum Gasteiger partial charge on any atom is -0.462 e. The van der Waals surface area contributed by atoms with E-state index in [0.29, 0.717) is 25.7 Å². The normalized spacial score (nSPS) is 20.3. The van der Waals surface area contributed by atoms with E-state index >= 15 is 0 Å². The van der Waals surface area contributed by atoms with Crippen molar-refractivity contribution in [2.24, 2.45) is 17.8 Å². The van der Waals surface area contributed by atoms with Gasteiger partial charge in [-0.15, -0.1) is 0 Å². The SMILES string of the molecule is CCCCC[C@H](O)/C=C/[C@@H]1[C@@H](CCCCCCC(=O)OC[C@H](CO)OC(=O)CCCCCCCCCCCCCCCCC(C)C)[C@@H](O)C[C@H]1O. The van der Waals surface area contributed by atoms with Gasteiger partial charge in [0.25, 0.3) is 0 Å². The Hall–Kier alpha value is -1.48. The van der Waals surface area contributed by atoms with Crippen molar-refractivity contribution in [2.75, 3.05) is 13.2 Å². The van der Waals surface area contributed by atoms with Gasteiger partial charge in [0.15, 0.2) is 6.10 Å². The summed E-state index contributed by atoms with van der Waals surface area (Å²) in [5, 5.41) is 40.8. The zero-order valence-electron chi connectivity index (χ0n) is 33.1. The molecule has 0 bridgehead atoms. The van der Waals surface area contributed by atoms with Crippen LogP contribution in [0.2, 0.25) is 0 Å². The van der Waals surface area contributed by atoms with E-state index in [1.54, 1.807) is 6.08 Å². The fraction of sp³-hybridized carbons (Fsp3) is 0.907. The van der Waals surface area contributed by atoms with Crippen molar-refractivity contribution < 1.29 is 39.5 Å². The lowest BCUT2D eigenvalue weighted by Crippen LogP contribution is -2.28. The summed E-state index contributed by atoms with van der Waals surface area (Å²) in [5.74, 6) is -0.0668. The molecule has 0 aromatic carbocycles. The van der Waals surface area contributed by atoms with Crippen molar-refractivity contribution in [3.8, 4) is 0 Å². The van der Waals surface area contributed by atoms with Crippen LogP contribution in [-0.2, 0) is 19.1 Å². The Kier molecular flexibility index (Phi) is 29.8. The van der Waals surface area contributed by atoms with Crippen molar-refractivity contribution in [3.05, 3.63) is 12.2 Å². The van der Waals surface area contributed by atoms with E-state index in [9.17, 15) is 30.0 Å². The fourth-order valence-corrected chi connectivity index (χ4v) is 7.31. The number of unbranched alkanes of at least 4 members (excludes halogenated alkanes) is 18. The molecule has 1 rings (SSSR count). The second-order valence-corrected chi connectivity index (χ2v) is 15.9. The highest BCUT2D eigenvalue weighted by Crippen LogP contribution is 2.37. The van der Waals surface area contributed by atoms with Crippen LogP contribution in [0.1, 0.15) is 194 Å². The second kappa shape index (κ2) is 32.0. The highest BCUT2D eigenvalue weighted by Gasteiger charge is 2.39. The number of ether oxygens (including phenoxy) is 2. The van der Waals surface area contributed by atoms with E-state index in [0.717, 1.165) is 70.1 Å². The average molecular weight is 725 g/mol. The average Bonchev–Trinajstić information content (AvgIpc) is 3.37. The first-order chi connectivity index (χ1) is 24.7. The zero-order chi connectivity index (χ0) is 37.5. The number of rotatable bonds is 34. The second-order valence-electron chi connectivity index (χ2n) is 15.9. The van der Waals surface area contributed by atoms with Gasteiger partial charge in [-0.2, -0.15) is 0 Å². The molecule has 0 radical (unpaired) electrons. The van der Waals surface area contributed by atoms with Crippen LogP contribution in [0.4, 0.5) is 0 Å². The molecule has 1 aliphatic carbocycles. The third-order valence-electron chi connectivity index (χ3n) is 10.6. The molecule has 8 heteroatoms. The van der Waals surface area contributed by atoms with E-state index < -0.39 is 24.4 Å². The van der Waals surface area contributed by atoms with Gasteiger partial charge >= 0.3 is 11.9 Å². The number of carbonyl (C=O) groups excluding carboxylic acids is 2. The predicted octanol–water partition coefficient (Wildman–Crippen LogP) is 9.53. The minimum atomic E-state index is -0.834. The van der Waals surface area contributed by atoms with Gasteiger partial charge in [0, 0.05) is 25.2 Å². The third kappa shape index (κ3) is 26.0. The first kappa shape index (κ1) is 47.5. The lowest BCUT2D eigenvalue weighted by molar-refractivity contribution is -0.161. The summed E-state index contributed by atoms with van der Waals surface area (Å²) >= 11 is 0. The summed E-state index contributed by atoms with van der Waals surface area (Å²) in [4.78, 5) is 24.5. The molecule has 6 atom stereocenters. The van der Waals surface area contributed by atoms with E-state index in [-0.39, 0.29) is 43.4 Å². The molecule has 51 heavy (non-hydrogen) atoms. The van der Waals surface area contributed by atoms with Gasteiger partial charge in [-0.25, -0.2) is 0 Å². The number of carbonyl (C=O) groups is 2. The van der Waals surface area contributed by atoms with Crippen LogP contribution in [0.15, 0.2) is 12.2 Å². The molecule has 8 nitrogen and oxygen atoms in total. The highest BCUT2D eigenvalue weighted by molar-refractivity contribution is 5.70. The van der Waals surface area contributed by atoms with E-state index in [1.807, 2.05) is 6.08 Å². The molecule has 300 valence electrons. The smallest absolute Gasteiger partial charge is 0.306 e. The molecule has 4 N–H and O–H groups in total. The van der Waals surface area contributed by atoms with Crippen LogP contribution < -0.4 is 0 Å². The fourth-order valence-electron chi connectivity index (χ4n) is 7.31. The molecule has 0 spiro atoms. The standard InChI is InChI=1S/C43H80O8/c1-4-5-20-26-36(45)30-31-39-38(40(46)32-41(39)47)27-22-18-19-23-28-42(48)50-34-37(33-44)51-43(49)29-24-17-15-13-11-9-7-6-8-10-12-14-16-21-25-35(2)3/h30-31,35-41,44-47H,4-29,32-34H2,1-3H3/b31-30+/t36-,37-,38+,39+,40-,41+/m0/s1. The quantitative estimate of drug-likeness (QED) is 0.0293. The lowest BCUT2D eigenvalue weighted by atomic mass is 9.88. The van der Waals surface area contributed by atoms with Gasteiger partial charge in [-0.05, 0) is 37.5 Å². The molecule has 0 unspecified atom stereocenters. The first-order valence-corrected chi connectivity index (χ1v) is 21.4. The molecule has 0 amide bonds. The molecular formula is C43H80O8. The Bertz CT molecular complexity index is 861. The van der Waals surface area contributed by atoms with Gasteiger partial charge in [0.1, 0.15) is 6.61 Å². The molecule has 0 aromatic heterocycles. The molecule has 0 aliphatic heterocycles. The van der Waals surface area contributed by atoms with Crippen LogP contribution in [-0.4, -0.2) is 70.0 Å². The number of aliphatic hydroxyl groups excluding tert-OH is 4. The highest BCUT2D eigenvalue weighted by atomic mass is 16.6. The van der Waals surface area contributed by atoms with Crippen molar-refractivity contribution in [1.29, 1.82) is 0 Å². The van der Waals surface area contributed by atoms with Gasteiger partial charge in [-0.1, -0.05) is 161 Å². The summed E-state index contributed by atoms with van der Waals surface area (Å²) in [6.07, 6.45) is 29.1. The van der Waals surface area contributed by atoms with E-state index in [4.69, 9.17) is 9.47 Å². The Morgan fingerprint density at radius 1 is 0.686 bits per heavy atom. The largest absolute Gasteiger partial charge is 0.462 e. The maximum absolute atomic E-state index is 12.2. The summed E-state index contributed by atoms with van der Waals surface area (Å²) in [7, 11) is 0. The minimum absolute atomic E-state index is 0.0318. The molecule has 0 heterocycles. The van der Waals surface area contributed by atoms with Crippen molar-refractivity contribution in [2.45, 2.75) is 219 Å². The van der Waals surface area contributed by atoms with Crippen molar-refractivity contribution >= 4 is 11.9 Å². The summed E-state index contributed by atoms with van der Waals surface area (Å²) in [6.45, 7) is 6.23. The van der Waals surface area contributed by atoms with Crippen LogP contribution in [0, 0.1) is 17.8 Å². The van der Waals surface area contributed by atoms with Gasteiger partial charge in [0.05, 0.1) is 24.9 Å². The Labute approximate surface area is 312 Å². The molecule has 0 saturated heterocycles. The predicted molar refractivity (Wildman–Crippen MR) is 207 cm³/mol. The summed E-state index contributed by atoms with van der Waals surface area (Å²) < 4.78 is 10.6. The van der Waals surface area contributed by atoms with Crippen molar-refractivity contribution in [3.63, 3.8) is 0 Å². The number of esters is 2. The topological polar surface area (TPSA) is 134 Å². The Morgan fingerprint density at radius 2 is 1.20 bits per heavy atom. The molecule has 1 fully saturated rings. The van der Waals surface area contributed by atoms with Gasteiger partial charge in [-0.3, -0.25) is 9.59 Å². The Morgan fingerprint density at radius 3 is 1.75 bits per heavy atom.